The number of nitriles is 1. The van der Waals surface area contributed by atoms with Crippen molar-refractivity contribution in [1.82, 2.24) is 0 Å². The van der Waals surface area contributed by atoms with E-state index in [1.807, 2.05) is 0 Å². The van der Waals surface area contributed by atoms with Crippen LogP contribution in [0, 0.1) is 16.7 Å². The molecule has 3 nitrogen and oxygen atoms in total. The highest BCUT2D eigenvalue weighted by atomic mass is 16.5. The van der Waals surface area contributed by atoms with Crippen molar-refractivity contribution in [2.24, 2.45) is 5.41 Å². The summed E-state index contributed by atoms with van der Waals surface area (Å²) in [5.74, 6) is 1.46. The van der Waals surface area contributed by atoms with Gasteiger partial charge in [0.1, 0.15) is 5.75 Å². The Kier molecular flexibility index (Phi) is 13.9. The topological polar surface area (TPSA) is 53.2 Å². The Morgan fingerprint density at radius 2 is 1.41 bits per heavy atom. The molecule has 39 heavy (non-hydrogen) atoms. The van der Waals surface area contributed by atoms with Gasteiger partial charge in [-0.25, -0.2) is 0 Å². The monoisotopic (exact) mass is 531 g/mol. The van der Waals surface area contributed by atoms with Crippen molar-refractivity contribution in [3.63, 3.8) is 0 Å². The number of aliphatic hydroxyl groups excluding tert-OH is 1. The van der Waals surface area contributed by atoms with Crippen LogP contribution in [0.2, 0.25) is 0 Å². The molecule has 1 aliphatic rings. The second-order valence-electron chi connectivity index (χ2n) is 12.0. The Bertz CT molecular complexity index is 955. The first kappa shape index (κ1) is 31.2. The maximum absolute atomic E-state index is 10.2. The zero-order chi connectivity index (χ0) is 27.8. The van der Waals surface area contributed by atoms with E-state index in [4.69, 9.17) is 9.84 Å². The maximum atomic E-state index is 10.2. The van der Waals surface area contributed by atoms with E-state index in [0.29, 0.717) is 18.6 Å². The molecule has 1 aliphatic carbocycles. The van der Waals surface area contributed by atoms with Gasteiger partial charge in [-0.2, -0.15) is 5.26 Å². The molecule has 2 atom stereocenters. The zero-order valence-corrected chi connectivity index (χ0v) is 24.8. The first-order valence-electron chi connectivity index (χ1n) is 16.0. The summed E-state index contributed by atoms with van der Waals surface area (Å²) in [5.41, 5.74) is 3.71. The molecular formula is C36H53NO2. The standard InChI is InChI=1S/C36H53NO2/c1-3-14-34(15-4-2)39-35-23-21-31(22-24-35)30-17-19-32(20-18-30)33-16-13-26-36(28-33,29-37)25-11-9-7-5-6-8-10-12-27-38/h17-24,33-34,38H,3-16,25-28H2,1-2H3. The summed E-state index contributed by atoms with van der Waals surface area (Å²) in [7, 11) is 0. The number of benzene rings is 2. The lowest BCUT2D eigenvalue weighted by Gasteiger charge is -2.36. The number of hydrogen-bond donors (Lipinski definition) is 1. The van der Waals surface area contributed by atoms with Gasteiger partial charge in [0.2, 0.25) is 0 Å². The van der Waals surface area contributed by atoms with Crippen LogP contribution >= 0.6 is 0 Å². The van der Waals surface area contributed by atoms with E-state index < -0.39 is 0 Å². The Morgan fingerprint density at radius 3 is 1.97 bits per heavy atom. The summed E-state index contributed by atoms with van der Waals surface area (Å²) < 4.78 is 6.25. The molecular weight excluding hydrogens is 478 g/mol. The van der Waals surface area contributed by atoms with Gasteiger partial charge >= 0.3 is 0 Å². The molecule has 3 heteroatoms. The lowest BCUT2D eigenvalue weighted by Crippen LogP contribution is -2.26. The Hall–Kier alpha value is -2.31. The molecule has 0 aromatic heterocycles. The third-order valence-electron chi connectivity index (χ3n) is 8.74. The van der Waals surface area contributed by atoms with Gasteiger partial charge in [-0.3, -0.25) is 0 Å². The number of hydrogen-bond acceptors (Lipinski definition) is 3. The predicted octanol–water partition coefficient (Wildman–Crippen LogP) is 10.4. The van der Waals surface area contributed by atoms with Crippen LogP contribution in [0.1, 0.15) is 134 Å². The van der Waals surface area contributed by atoms with E-state index in [1.165, 1.54) is 61.6 Å². The van der Waals surface area contributed by atoms with Crippen molar-refractivity contribution in [2.45, 2.75) is 135 Å². The maximum Gasteiger partial charge on any atom is 0.119 e. The molecule has 0 saturated heterocycles. The molecule has 2 unspecified atom stereocenters. The molecule has 1 saturated carbocycles. The lowest BCUT2D eigenvalue weighted by molar-refractivity contribution is 0.179. The van der Waals surface area contributed by atoms with Gasteiger partial charge in [0.15, 0.2) is 0 Å². The first-order chi connectivity index (χ1) is 19.1. The van der Waals surface area contributed by atoms with Crippen LogP contribution in [0.3, 0.4) is 0 Å². The zero-order valence-electron chi connectivity index (χ0n) is 24.8. The fraction of sp³-hybridized carbons (Fsp3) is 0.639. The predicted molar refractivity (Wildman–Crippen MR) is 164 cm³/mol. The van der Waals surface area contributed by atoms with E-state index >= 15 is 0 Å². The Balaban J connectivity index is 1.50. The summed E-state index contributed by atoms with van der Waals surface area (Å²) in [5, 5.41) is 19.1. The minimum absolute atomic E-state index is 0.147. The lowest BCUT2D eigenvalue weighted by atomic mass is 9.66. The van der Waals surface area contributed by atoms with Gasteiger partial charge in [0.05, 0.1) is 17.6 Å². The van der Waals surface area contributed by atoms with E-state index in [0.717, 1.165) is 70.0 Å². The smallest absolute Gasteiger partial charge is 0.119 e. The van der Waals surface area contributed by atoms with Crippen LogP contribution in [0.25, 0.3) is 11.1 Å². The van der Waals surface area contributed by atoms with Gasteiger partial charge in [-0.15, -0.1) is 0 Å². The van der Waals surface area contributed by atoms with Crippen LogP contribution in [0.15, 0.2) is 48.5 Å². The minimum atomic E-state index is -0.147. The summed E-state index contributed by atoms with van der Waals surface area (Å²) in [4.78, 5) is 0. The molecule has 2 aromatic carbocycles. The van der Waals surface area contributed by atoms with Crippen molar-refractivity contribution in [3.05, 3.63) is 54.1 Å². The third kappa shape index (κ3) is 10.3. The van der Waals surface area contributed by atoms with Gasteiger partial charge < -0.3 is 9.84 Å². The summed E-state index contributed by atoms with van der Waals surface area (Å²) >= 11 is 0. The van der Waals surface area contributed by atoms with Gasteiger partial charge in [0, 0.05) is 6.61 Å². The third-order valence-corrected chi connectivity index (χ3v) is 8.74. The van der Waals surface area contributed by atoms with Crippen LogP contribution in [-0.4, -0.2) is 17.8 Å². The van der Waals surface area contributed by atoms with E-state index in [2.05, 4.69) is 68.4 Å². The molecule has 2 aromatic rings. The van der Waals surface area contributed by atoms with E-state index in [1.54, 1.807) is 0 Å². The summed E-state index contributed by atoms with van der Waals surface area (Å²) in [6.45, 7) is 4.77. The molecule has 3 rings (SSSR count). The fourth-order valence-electron chi connectivity index (χ4n) is 6.44. The van der Waals surface area contributed by atoms with Crippen molar-refractivity contribution >= 4 is 0 Å². The summed E-state index contributed by atoms with van der Waals surface area (Å²) in [6.07, 6.45) is 19.9. The first-order valence-corrected chi connectivity index (χ1v) is 16.0. The molecule has 214 valence electrons. The molecule has 0 spiro atoms. The molecule has 1 N–H and O–H groups in total. The average molecular weight is 532 g/mol. The van der Waals surface area contributed by atoms with Gasteiger partial charge in [-0.1, -0.05) is 114 Å². The number of ether oxygens (including phenoxy) is 1. The quantitative estimate of drug-likeness (QED) is 0.195. The molecule has 0 radical (unpaired) electrons. The van der Waals surface area contributed by atoms with Crippen LogP contribution in [0.5, 0.6) is 5.75 Å². The highest BCUT2D eigenvalue weighted by Crippen LogP contribution is 2.47. The molecule has 1 fully saturated rings. The van der Waals surface area contributed by atoms with Crippen molar-refractivity contribution in [1.29, 1.82) is 5.26 Å². The molecule has 0 amide bonds. The Labute approximate surface area is 239 Å². The minimum Gasteiger partial charge on any atom is -0.490 e. The molecule has 0 bridgehead atoms. The number of aliphatic hydroxyl groups is 1. The number of rotatable bonds is 18. The number of unbranched alkanes of at least 4 members (excludes halogenated alkanes) is 7. The summed E-state index contributed by atoms with van der Waals surface area (Å²) in [6, 6.07) is 20.5. The average Bonchev–Trinajstić information content (AvgIpc) is 2.97. The van der Waals surface area contributed by atoms with E-state index in [-0.39, 0.29) is 5.41 Å². The fourth-order valence-corrected chi connectivity index (χ4v) is 6.44. The van der Waals surface area contributed by atoms with Crippen molar-refractivity contribution < 1.29 is 9.84 Å². The molecule has 0 aliphatic heterocycles. The van der Waals surface area contributed by atoms with E-state index in [9.17, 15) is 5.26 Å². The Morgan fingerprint density at radius 1 is 0.846 bits per heavy atom. The second-order valence-corrected chi connectivity index (χ2v) is 12.0. The van der Waals surface area contributed by atoms with Gasteiger partial charge in [0.25, 0.3) is 0 Å². The SMILES string of the molecule is CCCC(CCC)Oc1ccc(-c2ccc(C3CCCC(C#N)(CCCCCCCCCCO)C3)cc2)cc1. The van der Waals surface area contributed by atoms with Crippen LogP contribution in [-0.2, 0) is 0 Å². The van der Waals surface area contributed by atoms with Crippen molar-refractivity contribution in [3.8, 4) is 22.9 Å². The highest BCUT2D eigenvalue weighted by molar-refractivity contribution is 5.64. The number of nitrogens with zero attached hydrogens (tertiary/aromatic N) is 1. The van der Waals surface area contributed by atoms with Crippen molar-refractivity contribution in [2.75, 3.05) is 6.61 Å². The van der Waals surface area contributed by atoms with Crippen LogP contribution in [0.4, 0.5) is 0 Å². The highest BCUT2D eigenvalue weighted by Gasteiger charge is 2.36. The van der Waals surface area contributed by atoms with Crippen LogP contribution < -0.4 is 4.74 Å². The largest absolute Gasteiger partial charge is 0.490 e. The normalized spacial score (nSPS) is 19.2. The molecule has 0 heterocycles. The second kappa shape index (κ2) is 17.4. The van der Waals surface area contributed by atoms with Gasteiger partial charge in [-0.05, 0) is 79.7 Å².